The molecule has 0 bridgehead atoms. The van der Waals surface area contributed by atoms with Gasteiger partial charge in [-0.25, -0.2) is 0 Å². The lowest BCUT2D eigenvalue weighted by Gasteiger charge is -2.07. The van der Waals surface area contributed by atoms with Crippen molar-refractivity contribution in [3.05, 3.63) is 33.3 Å². The number of benzene rings is 1. The maximum atomic E-state index is 11.7. The van der Waals surface area contributed by atoms with E-state index in [0.717, 1.165) is 12.1 Å². The lowest BCUT2D eigenvalue weighted by atomic mass is 10.2. The zero-order valence-electron chi connectivity index (χ0n) is 10.1. The van der Waals surface area contributed by atoms with Crippen LogP contribution in [0.15, 0.2) is 28.5 Å². The van der Waals surface area contributed by atoms with Crippen molar-refractivity contribution in [3.8, 4) is 0 Å². The number of carbonyl (C=O) groups excluding carboxylic acids is 1. The highest BCUT2D eigenvalue weighted by Gasteiger charge is 2.18. The highest BCUT2D eigenvalue weighted by Crippen LogP contribution is 2.26. The van der Waals surface area contributed by atoms with Crippen LogP contribution in [-0.4, -0.2) is 32.7 Å². The Morgan fingerprint density at radius 2 is 2.05 bits per heavy atom. The van der Waals surface area contributed by atoms with Gasteiger partial charge >= 0.3 is 0 Å². The van der Waals surface area contributed by atoms with Gasteiger partial charge in [0.05, 0.1) is 15.6 Å². The first-order valence-electron chi connectivity index (χ1n) is 5.07. The van der Waals surface area contributed by atoms with E-state index in [-0.39, 0.29) is 22.1 Å². The Morgan fingerprint density at radius 1 is 1.40 bits per heavy atom. The molecule has 0 saturated heterocycles. The SMILES string of the molecule is CC(=N\O)/C(=N/O)C(=O)Nc1ccc([N+](=O)[O-])cc1Cl. The molecule has 1 amide bonds. The summed E-state index contributed by atoms with van der Waals surface area (Å²) in [6, 6.07) is 3.42. The van der Waals surface area contributed by atoms with Crippen LogP contribution in [0.2, 0.25) is 5.02 Å². The lowest BCUT2D eigenvalue weighted by molar-refractivity contribution is -0.384. The minimum atomic E-state index is -0.890. The van der Waals surface area contributed by atoms with E-state index < -0.39 is 16.5 Å². The molecule has 1 rings (SSSR count). The molecule has 0 aliphatic carbocycles. The summed E-state index contributed by atoms with van der Waals surface area (Å²) in [5.41, 5.74) is -0.906. The molecule has 0 aromatic heterocycles. The van der Waals surface area contributed by atoms with Gasteiger partial charge in [-0.1, -0.05) is 21.9 Å². The molecule has 0 unspecified atom stereocenters. The topological polar surface area (TPSA) is 137 Å². The number of nitro groups is 1. The maximum Gasteiger partial charge on any atom is 0.279 e. The summed E-state index contributed by atoms with van der Waals surface area (Å²) in [5.74, 6) is -0.890. The molecular weight excluding hydrogens is 292 g/mol. The van der Waals surface area contributed by atoms with Crippen molar-refractivity contribution in [2.45, 2.75) is 6.92 Å². The number of rotatable bonds is 4. The summed E-state index contributed by atoms with van der Waals surface area (Å²) in [7, 11) is 0. The molecule has 1 aromatic rings. The molecule has 0 spiro atoms. The Hall–Kier alpha value is -2.68. The van der Waals surface area contributed by atoms with E-state index in [0.29, 0.717) is 0 Å². The Morgan fingerprint density at radius 3 is 2.50 bits per heavy atom. The Bertz CT molecular complexity index is 614. The average molecular weight is 301 g/mol. The predicted molar refractivity (Wildman–Crippen MR) is 70.9 cm³/mol. The number of oxime groups is 2. The highest BCUT2D eigenvalue weighted by atomic mass is 35.5. The largest absolute Gasteiger partial charge is 0.411 e. The molecule has 0 radical (unpaired) electrons. The van der Waals surface area contributed by atoms with Gasteiger partial charge in [0.25, 0.3) is 11.6 Å². The first kappa shape index (κ1) is 15.4. The molecule has 20 heavy (non-hydrogen) atoms. The minimum absolute atomic E-state index is 0.0663. The number of carbonyl (C=O) groups is 1. The van der Waals surface area contributed by atoms with Crippen molar-refractivity contribution in [2.24, 2.45) is 10.3 Å². The lowest BCUT2D eigenvalue weighted by Crippen LogP contribution is -2.28. The summed E-state index contributed by atoms with van der Waals surface area (Å²) in [6.07, 6.45) is 0. The fourth-order valence-electron chi connectivity index (χ4n) is 1.23. The third kappa shape index (κ3) is 3.42. The normalized spacial score (nSPS) is 12.1. The van der Waals surface area contributed by atoms with E-state index in [1.807, 2.05) is 0 Å². The quantitative estimate of drug-likeness (QED) is 0.337. The van der Waals surface area contributed by atoms with Crippen molar-refractivity contribution in [3.63, 3.8) is 0 Å². The second kappa shape index (κ2) is 6.48. The van der Waals surface area contributed by atoms with E-state index in [1.54, 1.807) is 0 Å². The standard InChI is InChI=1S/C10H9ClN4O5/c1-5(13-17)9(14-18)10(16)12-8-3-2-6(15(19)20)4-7(8)11/h2-4,17-18H,1H3,(H,12,16)/b13-5+,14-9-. The monoisotopic (exact) mass is 300 g/mol. The Labute approximate surface area is 117 Å². The second-order valence-electron chi connectivity index (χ2n) is 3.51. The van der Waals surface area contributed by atoms with Crippen LogP contribution < -0.4 is 5.32 Å². The number of amides is 1. The molecule has 0 heterocycles. The van der Waals surface area contributed by atoms with Gasteiger partial charge in [0.2, 0.25) is 0 Å². The van der Waals surface area contributed by atoms with Gasteiger partial charge < -0.3 is 15.7 Å². The number of halogens is 1. The number of hydrogen-bond donors (Lipinski definition) is 3. The second-order valence-corrected chi connectivity index (χ2v) is 3.92. The van der Waals surface area contributed by atoms with Crippen LogP contribution in [0.4, 0.5) is 11.4 Å². The van der Waals surface area contributed by atoms with Crippen LogP contribution in [0.5, 0.6) is 0 Å². The zero-order chi connectivity index (χ0) is 15.3. The number of nitrogens with one attached hydrogen (secondary N) is 1. The van der Waals surface area contributed by atoms with E-state index in [1.165, 1.54) is 13.0 Å². The summed E-state index contributed by atoms with van der Waals surface area (Å²) in [6.45, 7) is 1.24. The van der Waals surface area contributed by atoms with Gasteiger partial charge in [-0.3, -0.25) is 14.9 Å². The maximum absolute atomic E-state index is 11.7. The van der Waals surface area contributed by atoms with Crippen LogP contribution in [0.3, 0.4) is 0 Å². The molecular formula is C10H9ClN4O5. The van der Waals surface area contributed by atoms with E-state index in [9.17, 15) is 14.9 Å². The first-order chi connectivity index (χ1) is 9.40. The van der Waals surface area contributed by atoms with E-state index >= 15 is 0 Å². The molecule has 0 aliphatic heterocycles. The van der Waals surface area contributed by atoms with Gasteiger partial charge in [0.15, 0.2) is 5.71 Å². The van der Waals surface area contributed by atoms with Crippen molar-refractivity contribution >= 4 is 40.3 Å². The Kier molecular flexibility index (Phi) is 4.98. The molecule has 9 nitrogen and oxygen atoms in total. The summed E-state index contributed by atoms with van der Waals surface area (Å²) < 4.78 is 0. The number of hydrogen-bond acceptors (Lipinski definition) is 7. The molecule has 0 atom stereocenters. The molecule has 3 N–H and O–H groups in total. The van der Waals surface area contributed by atoms with Crippen molar-refractivity contribution in [1.29, 1.82) is 0 Å². The fraction of sp³-hybridized carbons (Fsp3) is 0.100. The van der Waals surface area contributed by atoms with Gasteiger partial charge in [-0.15, -0.1) is 0 Å². The van der Waals surface area contributed by atoms with Crippen molar-refractivity contribution in [1.82, 2.24) is 0 Å². The molecule has 10 heteroatoms. The third-order valence-electron chi connectivity index (χ3n) is 2.22. The number of nitro benzene ring substituents is 1. The predicted octanol–water partition coefficient (Wildman–Crippen LogP) is 1.87. The van der Waals surface area contributed by atoms with Crippen LogP contribution in [0.25, 0.3) is 0 Å². The van der Waals surface area contributed by atoms with Crippen LogP contribution >= 0.6 is 11.6 Å². The van der Waals surface area contributed by atoms with Gasteiger partial charge in [0, 0.05) is 12.1 Å². The zero-order valence-corrected chi connectivity index (χ0v) is 10.8. The average Bonchev–Trinajstić information content (AvgIpc) is 2.41. The smallest absolute Gasteiger partial charge is 0.279 e. The van der Waals surface area contributed by atoms with Crippen molar-refractivity contribution < 1.29 is 20.1 Å². The van der Waals surface area contributed by atoms with Crippen LogP contribution in [-0.2, 0) is 4.79 Å². The molecule has 0 saturated carbocycles. The van der Waals surface area contributed by atoms with Crippen LogP contribution in [0, 0.1) is 10.1 Å². The summed E-state index contributed by atoms with van der Waals surface area (Å²) in [5, 5.41) is 35.3. The highest BCUT2D eigenvalue weighted by molar-refractivity contribution is 6.68. The van der Waals surface area contributed by atoms with E-state index in [4.69, 9.17) is 22.0 Å². The number of non-ortho nitro benzene ring substituents is 1. The molecule has 106 valence electrons. The van der Waals surface area contributed by atoms with E-state index in [2.05, 4.69) is 15.6 Å². The van der Waals surface area contributed by atoms with Gasteiger partial charge in [0.1, 0.15) is 5.71 Å². The first-order valence-corrected chi connectivity index (χ1v) is 5.45. The fourth-order valence-corrected chi connectivity index (χ4v) is 1.45. The summed E-state index contributed by atoms with van der Waals surface area (Å²) >= 11 is 5.78. The molecule has 0 fully saturated rings. The minimum Gasteiger partial charge on any atom is -0.411 e. The molecule has 0 aliphatic rings. The molecule has 1 aromatic carbocycles. The van der Waals surface area contributed by atoms with Crippen LogP contribution in [0.1, 0.15) is 6.92 Å². The number of nitrogens with zero attached hydrogens (tertiary/aromatic N) is 3. The van der Waals surface area contributed by atoms with Gasteiger partial charge in [-0.05, 0) is 13.0 Å². The Balaban J connectivity index is 3.00. The number of anilines is 1. The van der Waals surface area contributed by atoms with Crippen molar-refractivity contribution in [2.75, 3.05) is 5.32 Å². The summed E-state index contributed by atoms with van der Waals surface area (Å²) in [4.78, 5) is 21.6. The van der Waals surface area contributed by atoms with Gasteiger partial charge in [-0.2, -0.15) is 0 Å². The third-order valence-corrected chi connectivity index (χ3v) is 2.53.